The Morgan fingerprint density at radius 3 is 2.70 bits per heavy atom. The van der Waals surface area contributed by atoms with Crippen LogP contribution in [0, 0.1) is 11.8 Å². The van der Waals surface area contributed by atoms with Crippen LogP contribution in [0.4, 0.5) is 0 Å². The molecule has 1 atom stereocenters. The Bertz CT molecular complexity index is 438. The number of nitrogens with zero attached hydrogens (tertiary/aromatic N) is 1. The average Bonchev–Trinajstić information content (AvgIpc) is 2.38. The van der Waals surface area contributed by atoms with Crippen LogP contribution in [0.25, 0.3) is 0 Å². The molecule has 0 heterocycles. The van der Waals surface area contributed by atoms with E-state index >= 15 is 0 Å². The van der Waals surface area contributed by atoms with E-state index in [9.17, 15) is 4.79 Å². The summed E-state index contributed by atoms with van der Waals surface area (Å²) < 4.78 is 5.57. The van der Waals surface area contributed by atoms with Gasteiger partial charge in [-0.15, -0.1) is 0 Å². The smallest absolute Gasteiger partial charge is 0.227 e. The summed E-state index contributed by atoms with van der Waals surface area (Å²) in [6, 6.07) is 7.21. The van der Waals surface area contributed by atoms with Crippen molar-refractivity contribution in [2.24, 2.45) is 17.6 Å². The van der Waals surface area contributed by atoms with Gasteiger partial charge < -0.3 is 15.4 Å². The van der Waals surface area contributed by atoms with Crippen molar-refractivity contribution < 1.29 is 9.53 Å². The van der Waals surface area contributed by atoms with Crippen LogP contribution >= 0.6 is 11.6 Å². The highest BCUT2D eigenvalue weighted by Crippen LogP contribution is 2.17. The highest BCUT2D eigenvalue weighted by molar-refractivity contribution is 6.30. The molecule has 4 nitrogen and oxygen atoms in total. The molecule has 0 radical (unpaired) electrons. The summed E-state index contributed by atoms with van der Waals surface area (Å²) in [5.74, 6) is 0.879. The lowest BCUT2D eigenvalue weighted by Crippen LogP contribution is -2.40. The predicted octanol–water partition coefficient (Wildman–Crippen LogP) is 2.41. The zero-order valence-corrected chi connectivity index (χ0v) is 13.1. The molecule has 0 bridgehead atoms. The summed E-state index contributed by atoms with van der Waals surface area (Å²) in [5.41, 5.74) is 5.66. The summed E-state index contributed by atoms with van der Waals surface area (Å²) in [6.07, 6.45) is 0. The SMILES string of the molecule is CC(C)C(CN)C(=O)N(C)CCOc1cccc(Cl)c1. The van der Waals surface area contributed by atoms with E-state index in [0.29, 0.717) is 30.5 Å². The third-order valence-corrected chi connectivity index (χ3v) is 3.48. The molecule has 1 rings (SSSR count). The molecule has 1 unspecified atom stereocenters. The van der Waals surface area contributed by atoms with Crippen LogP contribution < -0.4 is 10.5 Å². The monoisotopic (exact) mass is 298 g/mol. The van der Waals surface area contributed by atoms with Crippen LogP contribution in [0.15, 0.2) is 24.3 Å². The Balaban J connectivity index is 2.43. The van der Waals surface area contributed by atoms with E-state index in [4.69, 9.17) is 22.1 Å². The van der Waals surface area contributed by atoms with Crippen molar-refractivity contribution in [3.05, 3.63) is 29.3 Å². The van der Waals surface area contributed by atoms with Crippen molar-refractivity contribution in [2.45, 2.75) is 13.8 Å². The average molecular weight is 299 g/mol. The first-order valence-corrected chi connectivity index (χ1v) is 7.17. The second-order valence-corrected chi connectivity index (χ2v) is 5.59. The third-order valence-electron chi connectivity index (χ3n) is 3.24. The lowest BCUT2D eigenvalue weighted by atomic mass is 9.94. The Hall–Kier alpha value is -1.26. The standard InChI is InChI=1S/C15H23ClN2O2/c1-11(2)14(10-17)15(19)18(3)7-8-20-13-6-4-5-12(16)9-13/h4-6,9,11,14H,7-8,10,17H2,1-3H3. The van der Waals surface area contributed by atoms with Gasteiger partial charge in [0.15, 0.2) is 0 Å². The van der Waals surface area contributed by atoms with E-state index in [-0.39, 0.29) is 17.7 Å². The first kappa shape index (κ1) is 16.8. The molecule has 0 spiro atoms. The highest BCUT2D eigenvalue weighted by Gasteiger charge is 2.23. The quantitative estimate of drug-likeness (QED) is 0.841. The summed E-state index contributed by atoms with van der Waals surface area (Å²) in [6.45, 7) is 5.33. The van der Waals surface area contributed by atoms with Gasteiger partial charge in [-0.25, -0.2) is 0 Å². The molecule has 0 aliphatic carbocycles. The number of ether oxygens (including phenoxy) is 1. The molecular weight excluding hydrogens is 276 g/mol. The van der Waals surface area contributed by atoms with Gasteiger partial charge in [-0.05, 0) is 24.1 Å². The van der Waals surface area contributed by atoms with Crippen molar-refractivity contribution >= 4 is 17.5 Å². The topological polar surface area (TPSA) is 55.6 Å². The molecule has 1 aromatic rings. The van der Waals surface area contributed by atoms with Crippen LogP contribution in [0.5, 0.6) is 5.75 Å². The van der Waals surface area contributed by atoms with E-state index in [2.05, 4.69) is 0 Å². The summed E-state index contributed by atoms with van der Waals surface area (Å²) in [5, 5.41) is 0.634. The molecule has 5 heteroatoms. The van der Waals surface area contributed by atoms with Gasteiger partial charge in [0.05, 0.1) is 12.5 Å². The van der Waals surface area contributed by atoms with Gasteiger partial charge in [-0.3, -0.25) is 4.79 Å². The Morgan fingerprint density at radius 1 is 1.45 bits per heavy atom. The number of hydrogen-bond acceptors (Lipinski definition) is 3. The van der Waals surface area contributed by atoms with Gasteiger partial charge in [0.2, 0.25) is 5.91 Å². The maximum atomic E-state index is 12.2. The van der Waals surface area contributed by atoms with Crippen LogP contribution in [0.2, 0.25) is 5.02 Å². The number of amides is 1. The van der Waals surface area contributed by atoms with Gasteiger partial charge in [-0.2, -0.15) is 0 Å². The van der Waals surface area contributed by atoms with Crippen LogP contribution in [-0.2, 0) is 4.79 Å². The number of rotatable bonds is 7. The third kappa shape index (κ3) is 5.02. The minimum Gasteiger partial charge on any atom is -0.492 e. The number of benzene rings is 1. The van der Waals surface area contributed by atoms with Gasteiger partial charge in [-0.1, -0.05) is 31.5 Å². The fraction of sp³-hybridized carbons (Fsp3) is 0.533. The molecule has 0 aromatic heterocycles. The minimum atomic E-state index is -0.133. The van der Waals surface area contributed by atoms with E-state index in [1.54, 1.807) is 24.1 Å². The molecular formula is C15H23ClN2O2. The predicted molar refractivity (Wildman–Crippen MR) is 82.0 cm³/mol. The largest absolute Gasteiger partial charge is 0.492 e. The second-order valence-electron chi connectivity index (χ2n) is 5.15. The summed E-state index contributed by atoms with van der Waals surface area (Å²) in [7, 11) is 1.77. The molecule has 0 aliphatic heterocycles. The molecule has 112 valence electrons. The lowest BCUT2D eigenvalue weighted by molar-refractivity contribution is -0.135. The molecule has 2 N–H and O–H groups in total. The fourth-order valence-corrected chi connectivity index (χ4v) is 2.09. The van der Waals surface area contributed by atoms with Crippen molar-refractivity contribution in [3.8, 4) is 5.75 Å². The number of hydrogen-bond donors (Lipinski definition) is 1. The number of halogens is 1. The van der Waals surface area contributed by atoms with Gasteiger partial charge in [0.25, 0.3) is 0 Å². The number of carbonyl (C=O) groups is 1. The molecule has 1 amide bonds. The minimum absolute atomic E-state index is 0.0668. The normalized spacial score (nSPS) is 12.3. The second kappa shape index (κ2) is 8.12. The van der Waals surface area contributed by atoms with E-state index in [1.807, 2.05) is 26.0 Å². The Labute approximate surface area is 125 Å². The van der Waals surface area contributed by atoms with Gasteiger partial charge in [0, 0.05) is 18.6 Å². The van der Waals surface area contributed by atoms with E-state index in [1.165, 1.54) is 0 Å². The zero-order valence-electron chi connectivity index (χ0n) is 12.3. The lowest BCUT2D eigenvalue weighted by Gasteiger charge is -2.25. The molecule has 0 saturated heterocycles. The maximum Gasteiger partial charge on any atom is 0.227 e. The number of nitrogens with two attached hydrogens (primary N) is 1. The highest BCUT2D eigenvalue weighted by atomic mass is 35.5. The van der Waals surface area contributed by atoms with Crippen LogP contribution in [0.3, 0.4) is 0 Å². The molecule has 0 fully saturated rings. The first-order valence-electron chi connectivity index (χ1n) is 6.79. The first-order chi connectivity index (χ1) is 9.45. The zero-order chi connectivity index (χ0) is 15.1. The molecule has 0 saturated carbocycles. The van der Waals surface area contributed by atoms with Gasteiger partial charge in [0.1, 0.15) is 12.4 Å². The maximum absolute atomic E-state index is 12.2. The molecule has 0 aliphatic rings. The fourth-order valence-electron chi connectivity index (χ4n) is 1.91. The number of carbonyl (C=O) groups excluding carboxylic acids is 1. The summed E-state index contributed by atoms with van der Waals surface area (Å²) >= 11 is 5.87. The Kier molecular flexibility index (Phi) is 6.82. The molecule has 20 heavy (non-hydrogen) atoms. The Morgan fingerprint density at radius 2 is 2.15 bits per heavy atom. The molecule has 1 aromatic carbocycles. The van der Waals surface area contributed by atoms with Crippen molar-refractivity contribution in [2.75, 3.05) is 26.7 Å². The van der Waals surface area contributed by atoms with Crippen molar-refractivity contribution in [1.82, 2.24) is 4.90 Å². The van der Waals surface area contributed by atoms with Crippen molar-refractivity contribution in [1.29, 1.82) is 0 Å². The summed E-state index contributed by atoms with van der Waals surface area (Å²) in [4.78, 5) is 13.9. The van der Waals surface area contributed by atoms with Gasteiger partial charge >= 0.3 is 0 Å². The van der Waals surface area contributed by atoms with E-state index < -0.39 is 0 Å². The van der Waals surface area contributed by atoms with Crippen LogP contribution in [0.1, 0.15) is 13.8 Å². The van der Waals surface area contributed by atoms with Crippen LogP contribution in [-0.4, -0.2) is 37.6 Å². The number of likely N-dealkylation sites (N-methyl/N-ethyl adjacent to an activating group) is 1. The van der Waals surface area contributed by atoms with Crippen molar-refractivity contribution in [3.63, 3.8) is 0 Å². The van der Waals surface area contributed by atoms with E-state index in [0.717, 1.165) is 0 Å².